The quantitative estimate of drug-likeness (QED) is 0.582. The molecule has 0 aromatic heterocycles. The van der Waals surface area contributed by atoms with Gasteiger partial charge in [-0.3, -0.25) is 0 Å². The number of nitrogens with zero attached hydrogens (tertiary/aromatic N) is 2. The number of hydrogen-bond acceptors (Lipinski definition) is 1. The van der Waals surface area contributed by atoms with Crippen molar-refractivity contribution in [1.29, 1.82) is 0 Å². The first-order valence-corrected chi connectivity index (χ1v) is 5.07. The van der Waals surface area contributed by atoms with E-state index in [9.17, 15) is 13.2 Å². The van der Waals surface area contributed by atoms with Crippen molar-refractivity contribution < 1.29 is 13.2 Å². The summed E-state index contributed by atoms with van der Waals surface area (Å²) in [5.41, 5.74) is 5.53. The van der Waals surface area contributed by atoms with Gasteiger partial charge in [0.25, 0.3) is 0 Å². The molecule has 0 aromatic carbocycles. The lowest BCUT2D eigenvalue weighted by molar-refractivity contribution is -0.138. The standard InChI is InChI=1S/C9H16F3N3/c1-2-5-15(6-9(10,11)12)8(13)14-7-3-4-7/h7H,2-6H2,1H3,(H2,13,14). The average molecular weight is 223 g/mol. The first-order chi connectivity index (χ1) is 6.92. The van der Waals surface area contributed by atoms with Crippen LogP contribution in [0.5, 0.6) is 0 Å². The maximum Gasteiger partial charge on any atom is 0.406 e. The van der Waals surface area contributed by atoms with Crippen LogP contribution in [-0.4, -0.2) is 36.2 Å². The van der Waals surface area contributed by atoms with Gasteiger partial charge >= 0.3 is 6.18 Å². The second-order valence-electron chi connectivity index (χ2n) is 3.76. The van der Waals surface area contributed by atoms with E-state index in [0.717, 1.165) is 17.7 Å². The third kappa shape index (κ3) is 4.90. The predicted octanol–water partition coefficient (Wildman–Crippen LogP) is 1.74. The minimum absolute atomic E-state index is 0.0247. The van der Waals surface area contributed by atoms with Crippen LogP contribution >= 0.6 is 0 Å². The van der Waals surface area contributed by atoms with Gasteiger partial charge in [-0.1, -0.05) is 6.92 Å². The van der Waals surface area contributed by atoms with E-state index < -0.39 is 12.7 Å². The molecule has 0 bridgehead atoms. The first-order valence-electron chi connectivity index (χ1n) is 5.07. The van der Waals surface area contributed by atoms with Crippen LogP contribution < -0.4 is 5.73 Å². The Morgan fingerprint density at radius 3 is 2.47 bits per heavy atom. The zero-order valence-corrected chi connectivity index (χ0v) is 8.72. The van der Waals surface area contributed by atoms with E-state index >= 15 is 0 Å². The van der Waals surface area contributed by atoms with Gasteiger partial charge < -0.3 is 10.6 Å². The zero-order chi connectivity index (χ0) is 11.5. The molecule has 0 spiro atoms. The fourth-order valence-corrected chi connectivity index (χ4v) is 1.23. The highest BCUT2D eigenvalue weighted by Crippen LogP contribution is 2.24. The van der Waals surface area contributed by atoms with Gasteiger partial charge in [-0.2, -0.15) is 13.2 Å². The third-order valence-electron chi connectivity index (χ3n) is 2.05. The summed E-state index contributed by atoms with van der Waals surface area (Å²) in [6, 6.07) is 0.151. The molecule has 1 saturated carbocycles. The SMILES string of the molecule is CCCN(CC(F)(F)F)C(N)=NC1CC1. The highest BCUT2D eigenvalue weighted by atomic mass is 19.4. The van der Waals surface area contributed by atoms with Crippen molar-refractivity contribution in [2.45, 2.75) is 38.4 Å². The van der Waals surface area contributed by atoms with E-state index in [-0.39, 0.29) is 12.0 Å². The lowest BCUT2D eigenvalue weighted by Gasteiger charge is -2.24. The fourth-order valence-electron chi connectivity index (χ4n) is 1.23. The van der Waals surface area contributed by atoms with Crippen molar-refractivity contribution in [3.05, 3.63) is 0 Å². The van der Waals surface area contributed by atoms with Gasteiger partial charge in [-0.15, -0.1) is 0 Å². The summed E-state index contributed by atoms with van der Waals surface area (Å²) in [6.45, 7) is 1.10. The van der Waals surface area contributed by atoms with Crippen LogP contribution in [0.25, 0.3) is 0 Å². The summed E-state index contributed by atoms with van der Waals surface area (Å²) >= 11 is 0. The molecular formula is C9H16F3N3. The van der Waals surface area contributed by atoms with Crippen LogP contribution in [0, 0.1) is 0 Å². The molecule has 1 fully saturated rings. The lowest BCUT2D eigenvalue weighted by atomic mass is 10.4. The van der Waals surface area contributed by atoms with Crippen LogP contribution in [0.4, 0.5) is 13.2 Å². The molecule has 6 heteroatoms. The van der Waals surface area contributed by atoms with E-state index in [4.69, 9.17) is 5.73 Å². The van der Waals surface area contributed by atoms with Crippen molar-refractivity contribution in [2.75, 3.05) is 13.1 Å². The fraction of sp³-hybridized carbons (Fsp3) is 0.889. The first kappa shape index (κ1) is 12.1. The Labute approximate surface area is 87.1 Å². The topological polar surface area (TPSA) is 41.6 Å². The number of halogens is 3. The molecule has 0 aliphatic heterocycles. The molecule has 0 radical (unpaired) electrons. The van der Waals surface area contributed by atoms with E-state index in [1.807, 2.05) is 6.92 Å². The summed E-state index contributed by atoms with van der Waals surface area (Å²) in [4.78, 5) is 5.11. The molecule has 0 aromatic rings. The molecule has 3 nitrogen and oxygen atoms in total. The Balaban J connectivity index is 2.55. The molecule has 0 amide bonds. The number of guanidine groups is 1. The molecule has 0 unspecified atom stereocenters. The summed E-state index contributed by atoms with van der Waals surface area (Å²) in [6.07, 6.45) is -1.73. The molecule has 1 aliphatic carbocycles. The van der Waals surface area contributed by atoms with Gasteiger partial charge in [-0.05, 0) is 19.3 Å². The summed E-state index contributed by atoms with van der Waals surface area (Å²) < 4.78 is 36.6. The second-order valence-corrected chi connectivity index (χ2v) is 3.76. The largest absolute Gasteiger partial charge is 0.406 e. The molecule has 15 heavy (non-hydrogen) atoms. The maximum atomic E-state index is 12.2. The van der Waals surface area contributed by atoms with E-state index in [0.29, 0.717) is 13.0 Å². The molecule has 88 valence electrons. The van der Waals surface area contributed by atoms with Gasteiger partial charge in [0, 0.05) is 6.54 Å². The normalized spacial score (nSPS) is 18.0. The highest BCUT2D eigenvalue weighted by molar-refractivity contribution is 5.78. The maximum absolute atomic E-state index is 12.2. The van der Waals surface area contributed by atoms with Crippen LogP contribution in [0.15, 0.2) is 4.99 Å². The number of nitrogens with two attached hydrogens (primary N) is 1. The molecule has 2 N–H and O–H groups in total. The van der Waals surface area contributed by atoms with Gasteiger partial charge in [0.05, 0.1) is 6.04 Å². The smallest absolute Gasteiger partial charge is 0.370 e. The summed E-state index contributed by atoms with van der Waals surface area (Å²) in [5.74, 6) is 0.0247. The molecule has 0 atom stereocenters. The van der Waals surface area contributed by atoms with Crippen molar-refractivity contribution in [1.82, 2.24) is 4.90 Å². The van der Waals surface area contributed by atoms with Gasteiger partial charge in [-0.25, -0.2) is 4.99 Å². The van der Waals surface area contributed by atoms with E-state index in [1.165, 1.54) is 0 Å². The van der Waals surface area contributed by atoms with Gasteiger partial charge in [0.15, 0.2) is 5.96 Å². The van der Waals surface area contributed by atoms with Crippen LogP contribution in [0.3, 0.4) is 0 Å². The average Bonchev–Trinajstić information content (AvgIpc) is 2.85. The van der Waals surface area contributed by atoms with Crippen LogP contribution in [-0.2, 0) is 0 Å². The Kier molecular flexibility index (Phi) is 3.82. The Hall–Kier alpha value is -0.940. The minimum Gasteiger partial charge on any atom is -0.370 e. The minimum atomic E-state index is -4.22. The van der Waals surface area contributed by atoms with Crippen molar-refractivity contribution in [3.63, 3.8) is 0 Å². The number of aliphatic imine (C=N–C) groups is 1. The molecule has 0 heterocycles. The van der Waals surface area contributed by atoms with Gasteiger partial charge in [0.2, 0.25) is 0 Å². The monoisotopic (exact) mass is 223 g/mol. The van der Waals surface area contributed by atoms with Gasteiger partial charge in [0.1, 0.15) is 6.54 Å². The summed E-state index contributed by atoms with van der Waals surface area (Å²) in [7, 11) is 0. The number of rotatable bonds is 4. The number of hydrogen-bond donors (Lipinski definition) is 1. The van der Waals surface area contributed by atoms with Crippen molar-refractivity contribution in [3.8, 4) is 0 Å². The van der Waals surface area contributed by atoms with E-state index in [2.05, 4.69) is 4.99 Å². The van der Waals surface area contributed by atoms with Crippen LogP contribution in [0.1, 0.15) is 26.2 Å². The predicted molar refractivity (Wildman–Crippen MR) is 52.6 cm³/mol. The van der Waals surface area contributed by atoms with Crippen molar-refractivity contribution in [2.24, 2.45) is 10.7 Å². The molecule has 0 saturated heterocycles. The molecule has 1 aliphatic rings. The lowest BCUT2D eigenvalue weighted by Crippen LogP contribution is -2.43. The summed E-state index contributed by atoms with van der Waals surface area (Å²) in [5, 5.41) is 0. The molecular weight excluding hydrogens is 207 g/mol. The Morgan fingerprint density at radius 1 is 1.47 bits per heavy atom. The third-order valence-corrected chi connectivity index (χ3v) is 2.05. The van der Waals surface area contributed by atoms with E-state index in [1.54, 1.807) is 0 Å². The zero-order valence-electron chi connectivity index (χ0n) is 8.72. The molecule has 1 rings (SSSR count). The number of alkyl halides is 3. The van der Waals surface area contributed by atoms with Crippen LogP contribution in [0.2, 0.25) is 0 Å². The second kappa shape index (κ2) is 4.72. The highest BCUT2D eigenvalue weighted by Gasteiger charge is 2.32. The Morgan fingerprint density at radius 2 is 2.07 bits per heavy atom. The Bertz CT molecular complexity index is 233. The van der Waals surface area contributed by atoms with Crippen molar-refractivity contribution >= 4 is 5.96 Å².